The molecule has 0 aliphatic heterocycles. The number of aromatic nitrogens is 1. The fourth-order valence-electron chi connectivity index (χ4n) is 2.54. The molecule has 0 bridgehead atoms. The fourth-order valence-corrected chi connectivity index (χ4v) is 3.60. The third-order valence-electron chi connectivity index (χ3n) is 4.19. The summed E-state index contributed by atoms with van der Waals surface area (Å²) in [6, 6.07) is 9.06. The third-order valence-corrected chi connectivity index (χ3v) is 5.39. The third kappa shape index (κ3) is 3.41. The fraction of sp³-hybridized carbons (Fsp3) is 0.278. The van der Waals surface area contributed by atoms with Crippen LogP contribution in [0.3, 0.4) is 0 Å². The molecule has 3 rings (SSSR count). The number of rotatable bonds is 6. The number of aromatic carboxylic acids is 1. The zero-order chi connectivity index (χ0) is 18.0. The van der Waals surface area contributed by atoms with E-state index in [9.17, 15) is 14.7 Å². The van der Waals surface area contributed by atoms with Crippen LogP contribution in [0.5, 0.6) is 0 Å². The second-order valence-electron chi connectivity index (χ2n) is 5.82. The SMILES string of the molecule is CCC(C)c1cc(C(=O)NCc2c(C(=O)O)sc3ccccc23)on1. The number of carboxylic acid groups (broad SMARTS) is 1. The Morgan fingerprint density at radius 3 is 2.84 bits per heavy atom. The van der Waals surface area contributed by atoms with E-state index >= 15 is 0 Å². The lowest BCUT2D eigenvalue weighted by Gasteiger charge is -2.04. The highest BCUT2D eigenvalue weighted by Gasteiger charge is 2.20. The summed E-state index contributed by atoms with van der Waals surface area (Å²) in [5.41, 5.74) is 1.34. The highest BCUT2D eigenvalue weighted by atomic mass is 32.1. The first kappa shape index (κ1) is 17.2. The van der Waals surface area contributed by atoms with Gasteiger partial charge < -0.3 is 14.9 Å². The monoisotopic (exact) mass is 358 g/mol. The Hall–Kier alpha value is -2.67. The standard InChI is InChI=1S/C18H18N2O4S/c1-3-10(2)13-8-14(24-20-13)17(21)19-9-12-11-6-4-5-7-15(11)25-16(12)18(22)23/h4-8,10H,3,9H2,1-2H3,(H,19,21)(H,22,23). The summed E-state index contributed by atoms with van der Waals surface area (Å²) in [6.07, 6.45) is 0.899. The smallest absolute Gasteiger partial charge is 0.346 e. The lowest BCUT2D eigenvalue weighted by Crippen LogP contribution is -2.23. The molecule has 0 aliphatic carbocycles. The summed E-state index contributed by atoms with van der Waals surface area (Å²) in [4.78, 5) is 24.0. The first-order valence-electron chi connectivity index (χ1n) is 7.99. The van der Waals surface area contributed by atoms with Crippen LogP contribution in [0.2, 0.25) is 0 Å². The highest BCUT2D eigenvalue weighted by molar-refractivity contribution is 7.21. The van der Waals surface area contributed by atoms with Crippen LogP contribution in [0.15, 0.2) is 34.9 Å². The van der Waals surface area contributed by atoms with Crippen molar-refractivity contribution < 1.29 is 19.2 Å². The van der Waals surface area contributed by atoms with Gasteiger partial charge in [0.1, 0.15) is 4.88 Å². The molecule has 1 atom stereocenters. The number of amides is 1. The summed E-state index contributed by atoms with van der Waals surface area (Å²) >= 11 is 1.20. The number of hydrogen-bond acceptors (Lipinski definition) is 5. The number of hydrogen-bond donors (Lipinski definition) is 2. The van der Waals surface area contributed by atoms with E-state index in [2.05, 4.69) is 10.5 Å². The van der Waals surface area contributed by atoms with Crippen LogP contribution in [-0.4, -0.2) is 22.1 Å². The van der Waals surface area contributed by atoms with E-state index in [-0.39, 0.29) is 23.1 Å². The predicted octanol–water partition coefficient (Wildman–Crippen LogP) is 4.03. The van der Waals surface area contributed by atoms with Gasteiger partial charge in [-0.3, -0.25) is 4.79 Å². The van der Waals surface area contributed by atoms with E-state index in [4.69, 9.17) is 4.52 Å². The molecule has 1 unspecified atom stereocenters. The topological polar surface area (TPSA) is 92.4 Å². The van der Waals surface area contributed by atoms with E-state index < -0.39 is 11.9 Å². The quantitative estimate of drug-likeness (QED) is 0.694. The first-order chi connectivity index (χ1) is 12.0. The van der Waals surface area contributed by atoms with E-state index in [1.807, 2.05) is 38.1 Å². The lowest BCUT2D eigenvalue weighted by molar-refractivity contribution is 0.0699. The Kier molecular flexibility index (Phi) is 4.85. The van der Waals surface area contributed by atoms with Gasteiger partial charge in [0.15, 0.2) is 0 Å². The number of thiophene rings is 1. The minimum atomic E-state index is -0.996. The number of carbonyl (C=O) groups excluding carboxylic acids is 1. The first-order valence-corrected chi connectivity index (χ1v) is 8.81. The van der Waals surface area contributed by atoms with Crippen molar-refractivity contribution in [2.45, 2.75) is 32.7 Å². The molecule has 25 heavy (non-hydrogen) atoms. The molecule has 0 spiro atoms. The van der Waals surface area contributed by atoms with Crippen LogP contribution in [0.4, 0.5) is 0 Å². The number of carboxylic acids is 1. The molecule has 3 aromatic rings. The zero-order valence-electron chi connectivity index (χ0n) is 13.9. The molecular formula is C18H18N2O4S. The number of nitrogens with one attached hydrogen (secondary N) is 1. The summed E-state index contributed by atoms with van der Waals surface area (Å²) < 4.78 is 5.99. The van der Waals surface area contributed by atoms with Crippen molar-refractivity contribution in [1.82, 2.24) is 10.5 Å². The Balaban J connectivity index is 1.80. The summed E-state index contributed by atoms with van der Waals surface area (Å²) in [6.45, 7) is 4.16. The van der Waals surface area contributed by atoms with Gasteiger partial charge in [-0.05, 0) is 17.9 Å². The van der Waals surface area contributed by atoms with Crippen LogP contribution in [0, 0.1) is 0 Å². The Morgan fingerprint density at radius 2 is 2.12 bits per heavy atom. The van der Waals surface area contributed by atoms with Crippen molar-refractivity contribution in [3.63, 3.8) is 0 Å². The number of fused-ring (bicyclic) bond motifs is 1. The maximum absolute atomic E-state index is 12.3. The van der Waals surface area contributed by atoms with E-state index in [0.717, 1.165) is 22.2 Å². The molecule has 0 fully saturated rings. The number of carbonyl (C=O) groups is 2. The molecule has 1 amide bonds. The van der Waals surface area contributed by atoms with E-state index in [0.29, 0.717) is 5.56 Å². The van der Waals surface area contributed by atoms with Crippen LogP contribution >= 0.6 is 11.3 Å². The van der Waals surface area contributed by atoms with Crippen LogP contribution in [-0.2, 0) is 6.54 Å². The van der Waals surface area contributed by atoms with Crippen molar-refractivity contribution in [1.29, 1.82) is 0 Å². The zero-order valence-corrected chi connectivity index (χ0v) is 14.7. The van der Waals surface area contributed by atoms with Gasteiger partial charge >= 0.3 is 5.97 Å². The van der Waals surface area contributed by atoms with Crippen LogP contribution < -0.4 is 5.32 Å². The normalized spacial score (nSPS) is 12.2. The molecule has 2 heterocycles. The van der Waals surface area contributed by atoms with Gasteiger partial charge in [-0.15, -0.1) is 11.3 Å². The average Bonchev–Trinajstić information content (AvgIpc) is 3.24. The predicted molar refractivity (Wildman–Crippen MR) is 95.2 cm³/mol. The molecular weight excluding hydrogens is 340 g/mol. The maximum atomic E-state index is 12.3. The van der Waals surface area contributed by atoms with Crippen LogP contribution in [0.25, 0.3) is 10.1 Å². The molecule has 0 saturated carbocycles. The van der Waals surface area contributed by atoms with Crippen molar-refractivity contribution in [2.75, 3.05) is 0 Å². The molecule has 2 aromatic heterocycles. The van der Waals surface area contributed by atoms with Gasteiger partial charge in [-0.2, -0.15) is 0 Å². The van der Waals surface area contributed by atoms with Crippen molar-refractivity contribution >= 4 is 33.3 Å². The summed E-state index contributed by atoms with van der Waals surface area (Å²) in [7, 11) is 0. The van der Waals surface area contributed by atoms with Crippen LogP contribution in [0.1, 0.15) is 57.7 Å². The largest absolute Gasteiger partial charge is 0.477 e. The lowest BCUT2D eigenvalue weighted by atomic mass is 10.1. The molecule has 0 saturated heterocycles. The Morgan fingerprint density at radius 1 is 1.36 bits per heavy atom. The van der Waals surface area contributed by atoms with Gasteiger partial charge in [0.2, 0.25) is 5.76 Å². The Bertz CT molecular complexity index is 928. The van der Waals surface area contributed by atoms with Gasteiger partial charge in [-0.25, -0.2) is 4.79 Å². The number of benzene rings is 1. The number of nitrogens with zero attached hydrogens (tertiary/aromatic N) is 1. The second kappa shape index (κ2) is 7.06. The Labute approximate surface area is 148 Å². The minimum absolute atomic E-state index is 0.115. The highest BCUT2D eigenvalue weighted by Crippen LogP contribution is 2.31. The van der Waals surface area contributed by atoms with Gasteiger partial charge in [0.25, 0.3) is 5.91 Å². The van der Waals surface area contributed by atoms with Crippen molar-refractivity contribution in [2.24, 2.45) is 0 Å². The summed E-state index contributed by atoms with van der Waals surface area (Å²) in [5, 5.41) is 16.9. The molecule has 2 N–H and O–H groups in total. The maximum Gasteiger partial charge on any atom is 0.346 e. The molecule has 0 radical (unpaired) electrons. The van der Waals surface area contributed by atoms with Crippen molar-refractivity contribution in [3.8, 4) is 0 Å². The molecule has 130 valence electrons. The molecule has 0 aliphatic rings. The van der Waals surface area contributed by atoms with Gasteiger partial charge in [-0.1, -0.05) is 37.2 Å². The average molecular weight is 358 g/mol. The summed E-state index contributed by atoms with van der Waals surface area (Å²) in [5.74, 6) is -1.06. The van der Waals surface area contributed by atoms with Gasteiger partial charge in [0.05, 0.1) is 5.69 Å². The van der Waals surface area contributed by atoms with Crippen molar-refractivity contribution in [3.05, 3.63) is 52.2 Å². The van der Waals surface area contributed by atoms with E-state index in [1.165, 1.54) is 11.3 Å². The minimum Gasteiger partial charge on any atom is -0.477 e. The molecule has 6 nitrogen and oxygen atoms in total. The molecule has 7 heteroatoms. The van der Waals surface area contributed by atoms with Gasteiger partial charge in [0, 0.05) is 28.8 Å². The van der Waals surface area contributed by atoms with E-state index in [1.54, 1.807) is 6.07 Å². The molecule has 1 aromatic carbocycles. The second-order valence-corrected chi connectivity index (χ2v) is 6.87.